The largest absolute Gasteiger partial charge is 0.387 e. The summed E-state index contributed by atoms with van der Waals surface area (Å²) in [5, 5.41) is 17.1. The van der Waals surface area contributed by atoms with Crippen LogP contribution in [-0.2, 0) is 6.54 Å². The number of aliphatic hydroxyl groups is 1. The fourth-order valence-electron chi connectivity index (χ4n) is 3.22. The summed E-state index contributed by atoms with van der Waals surface area (Å²) >= 11 is 12.0. The molecule has 0 fully saturated rings. The van der Waals surface area contributed by atoms with Crippen molar-refractivity contribution in [3.63, 3.8) is 0 Å². The predicted octanol–water partition coefficient (Wildman–Crippen LogP) is 5.29. The zero-order valence-electron chi connectivity index (χ0n) is 18.8. The lowest BCUT2D eigenvalue weighted by molar-refractivity contribution is 0.0950. The molecule has 0 unspecified atom stereocenters. The summed E-state index contributed by atoms with van der Waals surface area (Å²) < 4.78 is 0. The first kappa shape index (κ1) is 25.5. The average Bonchev–Trinajstić information content (AvgIpc) is 2.83. The molecule has 2 aromatic carbocycles. The molecule has 3 rings (SSSR count). The molecule has 3 N–H and O–H groups in total. The fourth-order valence-corrected chi connectivity index (χ4v) is 3.53. The maximum absolute atomic E-state index is 12.9. The zero-order chi connectivity index (χ0) is 24.7. The van der Waals surface area contributed by atoms with Crippen LogP contribution in [0.15, 0.2) is 67.0 Å². The number of amides is 3. The maximum atomic E-state index is 12.9. The number of aliphatic hydroxyl groups excluding tert-OH is 1. The summed E-state index contributed by atoms with van der Waals surface area (Å²) in [6, 6.07) is 15.0. The number of carbonyl (C=O) groups excluding carboxylic acids is 2. The first-order valence-electron chi connectivity index (χ1n) is 10.7. The van der Waals surface area contributed by atoms with Crippen LogP contribution < -0.4 is 10.6 Å². The lowest BCUT2D eigenvalue weighted by Gasteiger charge is -2.29. The van der Waals surface area contributed by atoms with Gasteiger partial charge in [0.2, 0.25) is 0 Å². The molecule has 1 atom stereocenters. The highest BCUT2D eigenvalue weighted by Gasteiger charge is 2.22. The van der Waals surface area contributed by atoms with Gasteiger partial charge in [-0.1, -0.05) is 41.4 Å². The van der Waals surface area contributed by atoms with Crippen LogP contribution in [0.2, 0.25) is 10.0 Å². The molecule has 0 aliphatic heterocycles. The van der Waals surface area contributed by atoms with Crippen molar-refractivity contribution in [3.8, 4) is 0 Å². The number of carbonyl (C=O) groups is 2. The van der Waals surface area contributed by atoms with Gasteiger partial charge in [0.1, 0.15) is 0 Å². The standard InChI is InChI=1S/C25H26Cl2N4O3/c1-16(2)31(15-23(32)18-7-10-21(26)22(27)12-18)25(34)30-20-8-5-17(6-9-20)13-29-24(33)19-4-3-11-28-14-19/h3-12,14,16,23,32H,13,15H2,1-2H3,(H,29,33)(H,30,34)/t23-/m1/s1. The number of aromatic nitrogens is 1. The summed E-state index contributed by atoms with van der Waals surface area (Å²) in [6.07, 6.45) is 2.19. The van der Waals surface area contributed by atoms with Crippen LogP contribution in [0.3, 0.4) is 0 Å². The molecule has 3 amide bonds. The first-order chi connectivity index (χ1) is 16.2. The highest BCUT2D eigenvalue weighted by molar-refractivity contribution is 6.42. The molecule has 0 aliphatic carbocycles. The number of hydrogen-bond donors (Lipinski definition) is 3. The molecule has 9 heteroatoms. The van der Waals surface area contributed by atoms with E-state index >= 15 is 0 Å². The van der Waals surface area contributed by atoms with Crippen LogP contribution in [-0.4, -0.2) is 39.5 Å². The van der Waals surface area contributed by atoms with E-state index in [1.165, 1.54) is 11.1 Å². The molecule has 0 spiro atoms. The molecule has 0 radical (unpaired) electrons. The van der Waals surface area contributed by atoms with E-state index < -0.39 is 6.10 Å². The van der Waals surface area contributed by atoms with Gasteiger partial charge in [-0.25, -0.2) is 4.79 Å². The number of nitrogens with zero attached hydrogens (tertiary/aromatic N) is 2. The van der Waals surface area contributed by atoms with Crippen LogP contribution in [0.25, 0.3) is 0 Å². The van der Waals surface area contributed by atoms with Gasteiger partial charge in [0, 0.05) is 30.7 Å². The number of hydrogen-bond acceptors (Lipinski definition) is 4. The summed E-state index contributed by atoms with van der Waals surface area (Å²) in [5.74, 6) is -0.210. The molecule has 1 aromatic heterocycles. The Labute approximate surface area is 208 Å². The lowest BCUT2D eigenvalue weighted by Crippen LogP contribution is -2.42. The van der Waals surface area contributed by atoms with Crippen molar-refractivity contribution in [2.75, 3.05) is 11.9 Å². The van der Waals surface area contributed by atoms with Gasteiger partial charge in [-0.05, 0) is 61.4 Å². The van der Waals surface area contributed by atoms with Crippen LogP contribution in [0.1, 0.15) is 41.4 Å². The van der Waals surface area contributed by atoms with Gasteiger partial charge in [0.25, 0.3) is 5.91 Å². The zero-order valence-corrected chi connectivity index (χ0v) is 20.3. The van der Waals surface area contributed by atoms with E-state index in [4.69, 9.17) is 23.2 Å². The van der Waals surface area contributed by atoms with Gasteiger partial charge in [-0.3, -0.25) is 9.78 Å². The number of pyridine rings is 1. The Hall–Kier alpha value is -3.13. The third kappa shape index (κ3) is 6.93. The molecule has 3 aromatic rings. The van der Waals surface area contributed by atoms with Crippen LogP contribution in [0.4, 0.5) is 10.5 Å². The second-order valence-corrected chi connectivity index (χ2v) is 8.80. The second kappa shape index (κ2) is 11.8. The molecule has 0 saturated carbocycles. The van der Waals surface area contributed by atoms with Gasteiger partial charge >= 0.3 is 6.03 Å². The second-order valence-electron chi connectivity index (χ2n) is 7.99. The van der Waals surface area contributed by atoms with Gasteiger partial charge in [-0.15, -0.1) is 0 Å². The molecule has 34 heavy (non-hydrogen) atoms. The normalized spacial score (nSPS) is 11.7. The number of nitrogens with one attached hydrogen (secondary N) is 2. The first-order valence-corrected chi connectivity index (χ1v) is 11.5. The van der Waals surface area contributed by atoms with Gasteiger partial charge < -0.3 is 20.6 Å². The van der Waals surface area contributed by atoms with E-state index in [1.807, 2.05) is 26.0 Å². The SMILES string of the molecule is CC(C)N(C[C@@H](O)c1ccc(Cl)c(Cl)c1)C(=O)Nc1ccc(CNC(=O)c2cccnc2)cc1. The fraction of sp³-hybridized carbons (Fsp3) is 0.240. The highest BCUT2D eigenvalue weighted by Crippen LogP contribution is 2.26. The minimum absolute atomic E-state index is 0.0833. The van der Waals surface area contributed by atoms with Gasteiger partial charge in [-0.2, -0.15) is 0 Å². The Balaban J connectivity index is 1.57. The highest BCUT2D eigenvalue weighted by atomic mass is 35.5. The number of rotatable bonds is 8. The Morgan fingerprint density at radius 2 is 1.79 bits per heavy atom. The molecular weight excluding hydrogens is 475 g/mol. The minimum Gasteiger partial charge on any atom is -0.387 e. The molecular formula is C25H26Cl2N4O3. The van der Waals surface area contributed by atoms with Crippen LogP contribution in [0.5, 0.6) is 0 Å². The van der Waals surface area contributed by atoms with Crippen molar-refractivity contribution in [2.45, 2.75) is 32.5 Å². The average molecular weight is 501 g/mol. The molecule has 1 heterocycles. The predicted molar refractivity (Wildman–Crippen MR) is 134 cm³/mol. The lowest BCUT2D eigenvalue weighted by atomic mass is 10.1. The van der Waals surface area contributed by atoms with E-state index in [0.717, 1.165) is 5.56 Å². The monoisotopic (exact) mass is 500 g/mol. The number of halogens is 2. The van der Waals surface area contributed by atoms with Gasteiger partial charge in [0.15, 0.2) is 0 Å². The van der Waals surface area contributed by atoms with E-state index in [1.54, 1.807) is 48.7 Å². The Bertz CT molecular complexity index is 1120. The van der Waals surface area contributed by atoms with Crippen molar-refractivity contribution in [1.82, 2.24) is 15.2 Å². The summed E-state index contributed by atoms with van der Waals surface area (Å²) in [7, 11) is 0. The third-order valence-electron chi connectivity index (χ3n) is 5.16. The Kier molecular flexibility index (Phi) is 8.87. The van der Waals surface area contributed by atoms with E-state index in [-0.39, 0.29) is 24.5 Å². The van der Waals surface area contributed by atoms with E-state index in [9.17, 15) is 14.7 Å². The van der Waals surface area contributed by atoms with Crippen molar-refractivity contribution in [1.29, 1.82) is 0 Å². The van der Waals surface area contributed by atoms with Crippen LogP contribution in [0, 0.1) is 0 Å². The van der Waals surface area contributed by atoms with Crippen molar-refractivity contribution >= 4 is 40.8 Å². The molecule has 0 bridgehead atoms. The van der Waals surface area contributed by atoms with Crippen LogP contribution >= 0.6 is 23.2 Å². The number of urea groups is 1. The van der Waals surface area contributed by atoms with Crippen molar-refractivity contribution < 1.29 is 14.7 Å². The van der Waals surface area contributed by atoms with Crippen molar-refractivity contribution in [3.05, 3.63) is 93.7 Å². The summed E-state index contributed by atoms with van der Waals surface area (Å²) in [5.41, 5.74) is 2.54. The quantitative estimate of drug-likeness (QED) is 0.391. The molecule has 178 valence electrons. The van der Waals surface area contributed by atoms with E-state index in [0.29, 0.717) is 33.4 Å². The van der Waals surface area contributed by atoms with Crippen molar-refractivity contribution in [2.24, 2.45) is 0 Å². The van der Waals surface area contributed by atoms with Gasteiger partial charge in [0.05, 0.1) is 28.3 Å². The number of anilines is 1. The summed E-state index contributed by atoms with van der Waals surface area (Å²) in [4.78, 5) is 30.5. The summed E-state index contributed by atoms with van der Waals surface area (Å²) in [6.45, 7) is 4.17. The smallest absolute Gasteiger partial charge is 0.322 e. The molecule has 0 saturated heterocycles. The minimum atomic E-state index is -0.922. The molecule has 0 aliphatic rings. The Morgan fingerprint density at radius 3 is 2.41 bits per heavy atom. The van der Waals surface area contributed by atoms with E-state index in [2.05, 4.69) is 15.6 Å². The third-order valence-corrected chi connectivity index (χ3v) is 5.90. The molecule has 7 nitrogen and oxygen atoms in total. The number of benzene rings is 2. The topological polar surface area (TPSA) is 94.6 Å². The Morgan fingerprint density at radius 1 is 1.06 bits per heavy atom. The maximum Gasteiger partial charge on any atom is 0.322 e.